The lowest BCUT2D eigenvalue weighted by Crippen LogP contribution is -2.00. The van der Waals surface area contributed by atoms with Crippen molar-refractivity contribution in [2.45, 2.75) is 17.1 Å². The van der Waals surface area contributed by atoms with Crippen LogP contribution < -0.4 is 5.73 Å². The molecule has 0 fully saturated rings. The van der Waals surface area contributed by atoms with E-state index < -0.39 is 0 Å². The van der Waals surface area contributed by atoms with Gasteiger partial charge in [0.25, 0.3) is 0 Å². The van der Waals surface area contributed by atoms with E-state index in [1.165, 1.54) is 11.8 Å². The van der Waals surface area contributed by atoms with Crippen molar-refractivity contribution in [1.82, 2.24) is 24.6 Å². The van der Waals surface area contributed by atoms with Gasteiger partial charge in [-0.25, -0.2) is 9.97 Å². The zero-order valence-electron chi connectivity index (χ0n) is 9.91. The van der Waals surface area contributed by atoms with Crippen molar-refractivity contribution in [3.05, 3.63) is 35.4 Å². The number of hydrogen-bond acceptors (Lipinski definition) is 6. The number of fused-ring (bicyclic) bond motifs is 1. The molecule has 0 saturated carbocycles. The summed E-state index contributed by atoms with van der Waals surface area (Å²) < 4.78 is 1.86. The molecule has 0 saturated heterocycles. The second-order valence-corrected chi connectivity index (χ2v) is 5.10. The van der Waals surface area contributed by atoms with E-state index in [1.807, 2.05) is 28.8 Å². The highest BCUT2D eigenvalue weighted by Gasteiger charge is 2.13. The van der Waals surface area contributed by atoms with Gasteiger partial charge in [-0.3, -0.25) is 4.40 Å². The van der Waals surface area contributed by atoms with Crippen molar-refractivity contribution >= 4 is 34.7 Å². The summed E-state index contributed by atoms with van der Waals surface area (Å²) >= 11 is 7.15. The fourth-order valence-corrected chi connectivity index (χ4v) is 2.73. The summed E-state index contributed by atoms with van der Waals surface area (Å²) in [4.78, 5) is 8.12. The van der Waals surface area contributed by atoms with Gasteiger partial charge in [0.1, 0.15) is 5.03 Å². The molecule has 6 nitrogen and oxygen atoms in total. The number of rotatable bonds is 2. The number of anilines is 1. The van der Waals surface area contributed by atoms with E-state index in [0.29, 0.717) is 21.6 Å². The van der Waals surface area contributed by atoms with Crippen LogP contribution >= 0.6 is 23.4 Å². The molecule has 3 aromatic rings. The molecular weight excluding hydrogens is 284 g/mol. The van der Waals surface area contributed by atoms with Gasteiger partial charge in [-0.15, -0.1) is 10.2 Å². The Labute approximate surface area is 118 Å². The molecule has 0 bridgehead atoms. The van der Waals surface area contributed by atoms with Crippen molar-refractivity contribution in [3.63, 3.8) is 0 Å². The number of nitrogens with two attached hydrogens (primary N) is 1. The quantitative estimate of drug-likeness (QED) is 0.576. The average molecular weight is 293 g/mol. The largest absolute Gasteiger partial charge is 0.395 e. The summed E-state index contributed by atoms with van der Waals surface area (Å²) in [7, 11) is 0. The maximum absolute atomic E-state index is 5.95. The first-order chi connectivity index (χ1) is 9.15. The van der Waals surface area contributed by atoms with E-state index in [2.05, 4.69) is 20.2 Å². The summed E-state index contributed by atoms with van der Waals surface area (Å²) in [5, 5.41) is 9.60. The number of aromatic nitrogens is 5. The average Bonchev–Trinajstić information content (AvgIpc) is 2.79. The molecule has 0 atom stereocenters. The molecule has 96 valence electrons. The van der Waals surface area contributed by atoms with Gasteiger partial charge in [-0.2, -0.15) is 0 Å². The zero-order chi connectivity index (χ0) is 13.4. The smallest absolute Gasteiger partial charge is 0.223 e. The van der Waals surface area contributed by atoms with Gasteiger partial charge in [0.2, 0.25) is 10.4 Å². The first-order valence-electron chi connectivity index (χ1n) is 5.42. The van der Waals surface area contributed by atoms with Crippen molar-refractivity contribution in [1.29, 1.82) is 0 Å². The highest BCUT2D eigenvalue weighted by Crippen LogP contribution is 2.31. The first kappa shape index (κ1) is 12.2. The molecule has 2 N–H and O–H groups in total. The topological polar surface area (TPSA) is 82.0 Å². The molecule has 0 aliphatic heterocycles. The molecule has 3 aromatic heterocycles. The molecule has 8 heteroatoms. The molecule has 0 spiro atoms. The zero-order valence-corrected chi connectivity index (χ0v) is 11.5. The minimum Gasteiger partial charge on any atom is -0.395 e. The Balaban J connectivity index is 2.06. The number of halogens is 1. The molecule has 19 heavy (non-hydrogen) atoms. The maximum Gasteiger partial charge on any atom is 0.223 e. The number of pyridine rings is 1. The fraction of sp³-hybridized carbons (Fsp3) is 0.0909. The van der Waals surface area contributed by atoms with Crippen LogP contribution in [0.3, 0.4) is 0 Å². The first-order valence-corrected chi connectivity index (χ1v) is 6.62. The summed E-state index contributed by atoms with van der Waals surface area (Å²) in [6.45, 7) is 1.79. The molecule has 3 heterocycles. The van der Waals surface area contributed by atoms with E-state index in [-0.39, 0.29) is 5.28 Å². The molecule has 3 rings (SSSR count). The van der Waals surface area contributed by atoms with Crippen LogP contribution in [0.1, 0.15) is 5.69 Å². The van der Waals surface area contributed by atoms with Crippen LogP contribution in [0.25, 0.3) is 5.65 Å². The molecule has 0 aliphatic carbocycles. The Morgan fingerprint density at radius 1 is 1.26 bits per heavy atom. The van der Waals surface area contributed by atoms with Crippen LogP contribution in [0.2, 0.25) is 5.28 Å². The van der Waals surface area contributed by atoms with E-state index >= 15 is 0 Å². The van der Waals surface area contributed by atoms with Gasteiger partial charge in [-0.1, -0.05) is 6.07 Å². The molecule has 0 amide bonds. The molecule has 0 unspecified atom stereocenters. The Bertz CT molecular complexity index is 756. The van der Waals surface area contributed by atoms with Gasteiger partial charge in [0, 0.05) is 6.20 Å². The lowest BCUT2D eigenvalue weighted by atomic mass is 10.4. The standard InChI is InChI=1S/C11H9ClN6S/c1-6-8(13)9(15-10(12)14-6)19-11-17-16-7-4-2-3-5-18(7)11/h2-5H,13H2,1H3. The number of hydrogen-bond donors (Lipinski definition) is 1. The normalized spacial score (nSPS) is 11.1. The highest BCUT2D eigenvalue weighted by molar-refractivity contribution is 7.99. The Morgan fingerprint density at radius 2 is 2.11 bits per heavy atom. The van der Waals surface area contributed by atoms with E-state index in [0.717, 1.165) is 5.65 Å². The third-order valence-electron chi connectivity index (χ3n) is 2.54. The highest BCUT2D eigenvalue weighted by atomic mass is 35.5. The third-order valence-corrected chi connectivity index (χ3v) is 3.68. The van der Waals surface area contributed by atoms with E-state index in [4.69, 9.17) is 17.3 Å². The predicted octanol–water partition coefficient (Wildman–Crippen LogP) is 2.21. The van der Waals surface area contributed by atoms with Crippen LogP contribution in [0.4, 0.5) is 5.69 Å². The van der Waals surface area contributed by atoms with Crippen molar-refractivity contribution in [3.8, 4) is 0 Å². The Kier molecular flexibility index (Phi) is 3.00. The second-order valence-electron chi connectivity index (χ2n) is 3.81. The summed E-state index contributed by atoms with van der Waals surface area (Å²) in [6.07, 6.45) is 1.88. The number of aryl methyl sites for hydroxylation is 1. The van der Waals surface area contributed by atoms with Gasteiger partial charge < -0.3 is 5.73 Å². The van der Waals surface area contributed by atoms with Gasteiger partial charge in [0.15, 0.2) is 5.65 Å². The van der Waals surface area contributed by atoms with Crippen molar-refractivity contribution in [2.75, 3.05) is 5.73 Å². The van der Waals surface area contributed by atoms with Crippen LogP contribution in [0.15, 0.2) is 34.6 Å². The van der Waals surface area contributed by atoms with Crippen LogP contribution in [-0.4, -0.2) is 24.6 Å². The third kappa shape index (κ3) is 2.22. The van der Waals surface area contributed by atoms with E-state index in [9.17, 15) is 0 Å². The molecule has 0 radical (unpaired) electrons. The van der Waals surface area contributed by atoms with E-state index in [1.54, 1.807) is 6.92 Å². The molecule has 0 aliphatic rings. The predicted molar refractivity (Wildman–Crippen MR) is 73.3 cm³/mol. The maximum atomic E-state index is 5.95. The summed E-state index contributed by atoms with van der Waals surface area (Å²) in [5.41, 5.74) is 7.87. The monoisotopic (exact) mass is 292 g/mol. The Hall–Kier alpha value is -1.86. The molecule has 0 aromatic carbocycles. The number of nitrogens with zero attached hydrogens (tertiary/aromatic N) is 5. The summed E-state index contributed by atoms with van der Waals surface area (Å²) in [5.74, 6) is 0. The number of nitrogen functional groups attached to an aromatic ring is 1. The van der Waals surface area contributed by atoms with Gasteiger partial charge in [0.05, 0.1) is 11.4 Å². The molecular formula is C11H9ClN6S. The van der Waals surface area contributed by atoms with Crippen molar-refractivity contribution < 1.29 is 0 Å². The minimum atomic E-state index is 0.169. The van der Waals surface area contributed by atoms with Gasteiger partial charge >= 0.3 is 0 Å². The van der Waals surface area contributed by atoms with Gasteiger partial charge in [-0.05, 0) is 42.4 Å². The summed E-state index contributed by atoms with van der Waals surface area (Å²) in [6, 6.07) is 5.68. The second kappa shape index (κ2) is 4.67. The fourth-order valence-electron chi connectivity index (χ4n) is 1.58. The Morgan fingerprint density at radius 3 is 2.95 bits per heavy atom. The van der Waals surface area contributed by atoms with Crippen LogP contribution in [0, 0.1) is 6.92 Å². The SMILES string of the molecule is Cc1nc(Cl)nc(Sc2nnc3ccccn23)c1N. The lowest BCUT2D eigenvalue weighted by molar-refractivity contribution is 0.914. The van der Waals surface area contributed by atoms with Crippen LogP contribution in [-0.2, 0) is 0 Å². The lowest BCUT2D eigenvalue weighted by Gasteiger charge is -2.05. The van der Waals surface area contributed by atoms with Crippen molar-refractivity contribution in [2.24, 2.45) is 0 Å². The van der Waals surface area contributed by atoms with Crippen LogP contribution in [0.5, 0.6) is 0 Å². The minimum absolute atomic E-state index is 0.169.